The summed E-state index contributed by atoms with van der Waals surface area (Å²) in [5, 5.41) is 3.22. The van der Waals surface area contributed by atoms with Crippen LogP contribution in [0.1, 0.15) is 56.8 Å². The van der Waals surface area contributed by atoms with E-state index in [4.69, 9.17) is 38.2 Å². The average Bonchev–Trinajstić information content (AvgIpc) is 3.85. The van der Waals surface area contributed by atoms with Gasteiger partial charge in [-0.2, -0.15) is 0 Å². The van der Waals surface area contributed by atoms with Crippen LogP contribution >= 0.6 is 0 Å². The van der Waals surface area contributed by atoms with E-state index in [0.29, 0.717) is 91.5 Å². The number of nitrogens with zero attached hydrogens (tertiary/aromatic N) is 4. The number of fused-ring (bicyclic) bond motifs is 5. The number of nitrogens with one attached hydrogen (secondary N) is 1. The highest BCUT2D eigenvalue weighted by atomic mass is 16.5. The van der Waals surface area contributed by atoms with Gasteiger partial charge in [-0.3, -0.25) is 19.5 Å². The Kier molecular flexibility index (Phi) is 14.7. The first-order valence-electron chi connectivity index (χ1n) is 22.5. The Balaban J connectivity index is 1.04. The van der Waals surface area contributed by atoms with Gasteiger partial charge in [-0.25, -0.2) is 0 Å². The van der Waals surface area contributed by atoms with Crippen molar-refractivity contribution in [3.8, 4) is 23.0 Å². The van der Waals surface area contributed by atoms with Crippen molar-refractivity contribution < 1.29 is 42.7 Å². The molecule has 66 heavy (non-hydrogen) atoms. The normalized spacial score (nSPS) is 15.7. The standard InChI is InChI=1S/C52H59N5O9/c1-7-55(16-17-63-20-21-64-19-18-60-4)39-24-35(32-65-49-29-43(53-3)41(27-47(49)61-5)51(58)56-34(2)22-37-12-8-10-14-45(37)56)23-36(25-39)33-66-50-30-44-42(28-48(50)62-6)52(59)57-40(31-54-44)26-38-13-9-11-15-46(38)57/h8-15,23-25,27-31,34,40,53H,7,16-22,26,32-33H2,1-6H3/t34-,40?/m1/s1. The number of hydrogen-bond donors (Lipinski definition) is 1. The number of hydrogen-bond acceptors (Lipinski definition) is 12. The number of anilines is 4. The summed E-state index contributed by atoms with van der Waals surface area (Å²) in [5.74, 6) is 1.58. The SMILES string of the molecule is CCN(CCOCCOCCOC)c1cc(COc2cc3c(cc2OC)C(=O)N2c4ccccc4CC2C=N3)cc(COc2cc(NC)c(C(=O)N3c4ccccc4C[C@H]3C)cc2OC)c1. The molecule has 346 valence electrons. The van der Waals surface area contributed by atoms with E-state index in [9.17, 15) is 9.59 Å². The van der Waals surface area contributed by atoms with Crippen molar-refractivity contribution in [1.29, 1.82) is 0 Å². The summed E-state index contributed by atoms with van der Waals surface area (Å²) < 4.78 is 41.3. The molecule has 0 saturated carbocycles. The number of likely N-dealkylation sites (N-methyl/N-ethyl adjacent to an activating group) is 1. The fourth-order valence-corrected chi connectivity index (χ4v) is 8.93. The lowest BCUT2D eigenvalue weighted by molar-refractivity contribution is 0.0265. The third-order valence-corrected chi connectivity index (χ3v) is 12.2. The molecule has 3 aliphatic heterocycles. The van der Waals surface area contributed by atoms with Gasteiger partial charge >= 0.3 is 0 Å². The maximum Gasteiger partial charge on any atom is 0.261 e. The maximum atomic E-state index is 14.2. The molecule has 5 aromatic rings. The fourth-order valence-electron chi connectivity index (χ4n) is 8.93. The third kappa shape index (κ3) is 9.81. The van der Waals surface area contributed by atoms with Crippen molar-refractivity contribution in [2.45, 2.75) is 52.0 Å². The maximum absolute atomic E-state index is 14.2. The molecule has 1 N–H and O–H groups in total. The molecule has 2 amide bonds. The van der Waals surface area contributed by atoms with Crippen molar-refractivity contribution in [2.24, 2.45) is 4.99 Å². The molecule has 0 radical (unpaired) electrons. The number of amides is 2. The van der Waals surface area contributed by atoms with Gasteiger partial charge in [0.25, 0.3) is 11.8 Å². The van der Waals surface area contributed by atoms with E-state index in [1.165, 1.54) is 0 Å². The molecule has 0 fully saturated rings. The molecule has 0 saturated heterocycles. The Hall–Kier alpha value is -6.61. The number of aliphatic imine (C=N–C) groups is 1. The Labute approximate surface area is 387 Å². The second-order valence-electron chi connectivity index (χ2n) is 16.4. The van der Waals surface area contributed by atoms with Crippen molar-refractivity contribution in [3.05, 3.63) is 124 Å². The predicted octanol–water partition coefficient (Wildman–Crippen LogP) is 8.29. The minimum absolute atomic E-state index is 0.00795. The smallest absolute Gasteiger partial charge is 0.261 e. The number of benzene rings is 5. The number of carbonyl (C=O) groups is 2. The quantitative estimate of drug-likeness (QED) is 0.0714. The fraction of sp³-hybridized carbons (Fsp3) is 0.365. The Morgan fingerprint density at radius 1 is 0.758 bits per heavy atom. The van der Waals surface area contributed by atoms with Crippen molar-refractivity contribution in [2.75, 3.05) is 94.5 Å². The number of carbonyl (C=O) groups excluding carboxylic acids is 2. The molecule has 14 heteroatoms. The first-order chi connectivity index (χ1) is 32.2. The predicted molar refractivity (Wildman–Crippen MR) is 257 cm³/mol. The Morgan fingerprint density at radius 3 is 2.08 bits per heavy atom. The highest BCUT2D eigenvalue weighted by Crippen LogP contribution is 2.42. The molecule has 1 unspecified atom stereocenters. The first-order valence-corrected chi connectivity index (χ1v) is 22.5. The number of rotatable bonds is 21. The molecule has 2 atom stereocenters. The molecular weight excluding hydrogens is 839 g/mol. The molecular formula is C52H59N5O9. The lowest BCUT2D eigenvalue weighted by atomic mass is 10.1. The average molecular weight is 898 g/mol. The third-order valence-electron chi connectivity index (χ3n) is 12.2. The second-order valence-corrected chi connectivity index (χ2v) is 16.4. The van der Waals surface area contributed by atoms with Gasteiger partial charge in [0.15, 0.2) is 23.0 Å². The molecule has 5 aromatic carbocycles. The van der Waals surface area contributed by atoms with Gasteiger partial charge in [-0.15, -0.1) is 0 Å². The number of methoxy groups -OCH3 is 3. The number of ether oxygens (including phenoxy) is 7. The summed E-state index contributed by atoms with van der Waals surface area (Å²) in [4.78, 5) is 39.0. The van der Waals surface area contributed by atoms with Gasteiger partial charge in [-0.1, -0.05) is 36.4 Å². The van der Waals surface area contributed by atoms with Gasteiger partial charge in [0.05, 0.1) is 75.8 Å². The largest absolute Gasteiger partial charge is 0.493 e. The second kappa shape index (κ2) is 21.1. The van der Waals surface area contributed by atoms with Crippen LogP contribution in [0.5, 0.6) is 23.0 Å². The van der Waals surface area contributed by atoms with Crippen LogP contribution in [0, 0.1) is 0 Å². The van der Waals surface area contributed by atoms with Gasteiger partial charge < -0.3 is 48.3 Å². The minimum Gasteiger partial charge on any atom is -0.493 e. The summed E-state index contributed by atoms with van der Waals surface area (Å²) in [6.07, 6.45) is 3.34. The van der Waals surface area contributed by atoms with E-state index in [1.54, 1.807) is 46.6 Å². The van der Waals surface area contributed by atoms with Crippen molar-refractivity contribution in [3.63, 3.8) is 0 Å². The van der Waals surface area contributed by atoms with E-state index in [1.807, 2.05) is 64.5 Å². The first kappa shape index (κ1) is 45.9. The van der Waals surface area contributed by atoms with E-state index in [2.05, 4.69) is 48.3 Å². The zero-order valence-corrected chi connectivity index (χ0v) is 38.6. The topological polar surface area (TPSA) is 133 Å². The lowest BCUT2D eigenvalue weighted by Gasteiger charge is -2.25. The Bertz CT molecular complexity index is 2560. The van der Waals surface area contributed by atoms with Gasteiger partial charge in [0.2, 0.25) is 0 Å². The van der Waals surface area contributed by atoms with Crippen LogP contribution < -0.4 is 39.0 Å². The highest BCUT2D eigenvalue weighted by molar-refractivity contribution is 6.15. The van der Waals surface area contributed by atoms with E-state index < -0.39 is 0 Å². The zero-order chi connectivity index (χ0) is 46.2. The van der Waals surface area contributed by atoms with Gasteiger partial charge in [-0.05, 0) is 85.0 Å². The van der Waals surface area contributed by atoms with Gasteiger partial charge in [0, 0.05) is 75.1 Å². The lowest BCUT2D eigenvalue weighted by Crippen LogP contribution is -2.37. The molecule has 0 spiro atoms. The summed E-state index contributed by atoms with van der Waals surface area (Å²) in [6.45, 7) is 8.44. The van der Waals surface area contributed by atoms with Crippen LogP contribution in [0.25, 0.3) is 0 Å². The molecule has 3 aliphatic rings. The molecule has 0 aromatic heterocycles. The summed E-state index contributed by atoms with van der Waals surface area (Å²) in [5.41, 5.74) is 8.91. The van der Waals surface area contributed by atoms with Crippen LogP contribution in [-0.2, 0) is 40.3 Å². The van der Waals surface area contributed by atoms with Crippen LogP contribution in [0.2, 0.25) is 0 Å². The molecule has 14 nitrogen and oxygen atoms in total. The summed E-state index contributed by atoms with van der Waals surface area (Å²) >= 11 is 0. The van der Waals surface area contributed by atoms with E-state index >= 15 is 0 Å². The minimum atomic E-state index is -0.177. The monoisotopic (exact) mass is 897 g/mol. The molecule has 0 aliphatic carbocycles. The molecule has 3 heterocycles. The summed E-state index contributed by atoms with van der Waals surface area (Å²) in [6, 6.07) is 29.2. The molecule has 8 rings (SSSR count). The van der Waals surface area contributed by atoms with Crippen LogP contribution in [-0.4, -0.2) is 105 Å². The van der Waals surface area contributed by atoms with Crippen molar-refractivity contribution >= 4 is 46.5 Å². The van der Waals surface area contributed by atoms with Gasteiger partial charge in [0.1, 0.15) is 13.2 Å². The zero-order valence-electron chi connectivity index (χ0n) is 38.6. The van der Waals surface area contributed by atoms with E-state index in [0.717, 1.165) is 52.3 Å². The highest BCUT2D eigenvalue weighted by Gasteiger charge is 2.37. The van der Waals surface area contributed by atoms with E-state index in [-0.39, 0.29) is 37.1 Å². The van der Waals surface area contributed by atoms with Crippen molar-refractivity contribution in [1.82, 2.24) is 0 Å². The Morgan fingerprint density at radius 2 is 1.39 bits per heavy atom. The van der Waals surface area contributed by atoms with Crippen LogP contribution in [0.4, 0.5) is 28.4 Å². The number of para-hydroxylation sites is 2. The van der Waals surface area contributed by atoms with Crippen LogP contribution in [0.15, 0.2) is 96.0 Å². The molecule has 0 bridgehead atoms. The van der Waals surface area contributed by atoms with Crippen LogP contribution in [0.3, 0.4) is 0 Å². The summed E-state index contributed by atoms with van der Waals surface area (Å²) in [7, 11) is 6.59.